The molecule has 2 atom stereocenters. The van der Waals surface area contributed by atoms with Crippen molar-refractivity contribution in [2.45, 2.75) is 25.8 Å². The lowest BCUT2D eigenvalue weighted by molar-refractivity contribution is -0.131. The van der Waals surface area contributed by atoms with Gasteiger partial charge in [-0.25, -0.2) is 0 Å². The topological polar surface area (TPSA) is 63.4 Å². The van der Waals surface area contributed by atoms with Gasteiger partial charge in [-0.1, -0.05) is 42.0 Å². The summed E-state index contributed by atoms with van der Waals surface area (Å²) in [6.07, 6.45) is 0.911. The van der Waals surface area contributed by atoms with Gasteiger partial charge in [-0.3, -0.25) is 9.59 Å². The molecule has 0 saturated heterocycles. The molecule has 2 amide bonds. The van der Waals surface area contributed by atoms with E-state index in [1.807, 2.05) is 19.2 Å². The maximum atomic E-state index is 12.6. The molecule has 2 N–H and O–H groups in total. The molecule has 1 aliphatic rings. The molecule has 24 heavy (non-hydrogen) atoms. The second-order valence-corrected chi connectivity index (χ2v) is 6.62. The van der Waals surface area contributed by atoms with Gasteiger partial charge < -0.3 is 10.6 Å². The Hall–Kier alpha value is -2.62. The molecule has 4 nitrogen and oxygen atoms in total. The van der Waals surface area contributed by atoms with E-state index in [1.165, 1.54) is 11.1 Å². The average Bonchev–Trinajstić information content (AvgIpc) is 3.35. The molecule has 0 aromatic heterocycles. The molecule has 0 unspecified atom stereocenters. The van der Waals surface area contributed by atoms with Crippen LogP contribution in [0.2, 0.25) is 0 Å². The zero-order valence-corrected chi connectivity index (χ0v) is 14.0. The summed E-state index contributed by atoms with van der Waals surface area (Å²) in [6, 6.07) is 15.5. The summed E-state index contributed by atoms with van der Waals surface area (Å²) < 4.78 is 0. The normalized spacial score (nSPS) is 18.9. The van der Waals surface area contributed by atoms with E-state index in [0.717, 1.165) is 12.0 Å². The Morgan fingerprint density at radius 2 is 1.92 bits per heavy atom. The fourth-order valence-corrected chi connectivity index (χ4v) is 3.19. The van der Waals surface area contributed by atoms with Crippen molar-refractivity contribution in [1.82, 2.24) is 4.90 Å². The Balaban J connectivity index is 1.64. The SMILES string of the molecule is Cc1cccc([C@@H]2C[C@H]2C(=O)N(C)Cc2cccc(C(N)=O)c2)c1. The summed E-state index contributed by atoms with van der Waals surface area (Å²) in [7, 11) is 1.81. The average molecular weight is 322 g/mol. The minimum absolute atomic E-state index is 0.0659. The smallest absolute Gasteiger partial charge is 0.248 e. The van der Waals surface area contributed by atoms with Crippen molar-refractivity contribution in [1.29, 1.82) is 0 Å². The van der Waals surface area contributed by atoms with Crippen LogP contribution >= 0.6 is 0 Å². The van der Waals surface area contributed by atoms with Crippen LogP contribution in [0.3, 0.4) is 0 Å². The third-order valence-corrected chi connectivity index (χ3v) is 4.59. The van der Waals surface area contributed by atoms with Crippen LogP contribution in [0.5, 0.6) is 0 Å². The summed E-state index contributed by atoms with van der Waals surface area (Å²) in [6.45, 7) is 2.55. The minimum Gasteiger partial charge on any atom is -0.366 e. The number of amides is 2. The quantitative estimate of drug-likeness (QED) is 0.920. The monoisotopic (exact) mass is 322 g/mol. The molecule has 1 fully saturated rings. The molecular formula is C20H22N2O2. The fraction of sp³-hybridized carbons (Fsp3) is 0.300. The van der Waals surface area contributed by atoms with Gasteiger partial charge in [-0.05, 0) is 42.5 Å². The van der Waals surface area contributed by atoms with Crippen LogP contribution in [0.15, 0.2) is 48.5 Å². The van der Waals surface area contributed by atoms with Gasteiger partial charge in [0.05, 0.1) is 0 Å². The van der Waals surface area contributed by atoms with E-state index >= 15 is 0 Å². The molecule has 2 aromatic rings. The largest absolute Gasteiger partial charge is 0.366 e. The van der Waals surface area contributed by atoms with Gasteiger partial charge in [0.2, 0.25) is 11.8 Å². The summed E-state index contributed by atoms with van der Waals surface area (Å²) >= 11 is 0. The molecule has 0 bridgehead atoms. The van der Waals surface area contributed by atoms with Gasteiger partial charge in [0.1, 0.15) is 0 Å². The predicted octanol–water partition coefficient (Wildman–Crippen LogP) is 2.86. The van der Waals surface area contributed by atoms with Gasteiger partial charge in [0.25, 0.3) is 0 Å². The van der Waals surface area contributed by atoms with Crippen molar-refractivity contribution >= 4 is 11.8 Å². The molecule has 0 aliphatic heterocycles. The van der Waals surface area contributed by atoms with Crippen LogP contribution in [0, 0.1) is 12.8 Å². The molecule has 2 aromatic carbocycles. The minimum atomic E-state index is -0.451. The first-order chi connectivity index (χ1) is 11.5. The van der Waals surface area contributed by atoms with Crippen LogP contribution < -0.4 is 5.73 Å². The Kier molecular flexibility index (Phi) is 4.38. The molecule has 0 spiro atoms. The molecule has 3 rings (SSSR count). The summed E-state index contributed by atoms with van der Waals surface area (Å²) in [5, 5.41) is 0. The Labute approximate surface area is 142 Å². The molecule has 4 heteroatoms. The van der Waals surface area contributed by atoms with E-state index in [0.29, 0.717) is 18.0 Å². The molecule has 1 aliphatic carbocycles. The van der Waals surface area contributed by atoms with Crippen LogP contribution in [-0.2, 0) is 11.3 Å². The highest BCUT2D eigenvalue weighted by atomic mass is 16.2. The number of hydrogen-bond acceptors (Lipinski definition) is 2. The van der Waals surface area contributed by atoms with Crippen molar-refractivity contribution in [2.75, 3.05) is 7.05 Å². The van der Waals surface area contributed by atoms with E-state index in [1.54, 1.807) is 23.1 Å². The van der Waals surface area contributed by atoms with E-state index in [9.17, 15) is 9.59 Å². The lowest BCUT2D eigenvalue weighted by atomic mass is 10.1. The van der Waals surface area contributed by atoms with Gasteiger partial charge in [-0.15, -0.1) is 0 Å². The number of nitrogens with zero attached hydrogens (tertiary/aromatic N) is 1. The van der Waals surface area contributed by atoms with Crippen LogP contribution in [0.25, 0.3) is 0 Å². The van der Waals surface area contributed by atoms with Crippen molar-refractivity contribution in [2.24, 2.45) is 11.7 Å². The highest BCUT2D eigenvalue weighted by Gasteiger charge is 2.45. The van der Waals surface area contributed by atoms with E-state index in [4.69, 9.17) is 5.73 Å². The predicted molar refractivity (Wildman–Crippen MR) is 93.5 cm³/mol. The van der Waals surface area contributed by atoms with Gasteiger partial charge in [0.15, 0.2) is 0 Å². The zero-order chi connectivity index (χ0) is 17.3. The molecule has 0 radical (unpaired) electrons. The third kappa shape index (κ3) is 3.48. The van der Waals surface area contributed by atoms with E-state index in [2.05, 4.69) is 25.1 Å². The van der Waals surface area contributed by atoms with E-state index < -0.39 is 5.91 Å². The van der Waals surface area contributed by atoms with Crippen LogP contribution in [0.1, 0.15) is 39.4 Å². The van der Waals surface area contributed by atoms with Gasteiger partial charge in [-0.2, -0.15) is 0 Å². The highest BCUT2D eigenvalue weighted by Crippen LogP contribution is 2.48. The Morgan fingerprint density at radius 3 is 2.62 bits per heavy atom. The Bertz CT molecular complexity index is 785. The van der Waals surface area contributed by atoms with E-state index in [-0.39, 0.29) is 11.8 Å². The zero-order valence-electron chi connectivity index (χ0n) is 14.0. The molecule has 1 saturated carbocycles. The summed E-state index contributed by atoms with van der Waals surface area (Å²) in [4.78, 5) is 25.6. The van der Waals surface area contributed by atoms with Crippen LogP contribution in [-0.4, -0.2) is 23.8 Å². The third-order valence-electron chi connectivity index (χ3n) is 4.59. The summed E-state index contributed by atoms with van der Waals surface area (Å²) in [5.74, 6) is 0.103. The number of rotatable bonds is 5. The van der Waals surface area contributed by atoms with Crippen molar-refractivity contribution in [3.05, 3.63) is 70.8 Å². The van der Waals surface area contributed by atoms with Gasteiger partial charge >= 0.3 is 0 Å². The van der Waals surface area contributed by atoms with Gasteiger partial charge in [0, 0.05) is 25.1 Å². The van der Waals surface area contributed by atoms with Crippen molar-refractivity contribution in [3.8, 4) is 0 Å². The molecule has 0 heterocycles. The first-order valence-electron chi connectivity index (χ1n) is 8.16. The second kappa shape index (κ2) is 6.48. The molecule has 124 valence electrons. The number of primary amides is 1. The van der Waals surface area contributed by atoms with Crippen LogP contribution in [0.4, 0.5) is 0 Å². The summed E-state index contributed by atoms with van der Waals surface area (Å²) in [5.41, 5.74) is 9.16. The number of carbonyl (C=O) groups is 2. The maximum Gasteiger partial charge on any atom is 0.248 e. The number of nitrogens with two attached hydrogens (primary N) is 1. The first kappa shape index (κ1) is 16.2. The fourth-order valence-electron chi connectivity index (χ4n) is 3.19. The lowest BCUT2D eigenvalue weighted by Gasteiger charge is -2.18. The number of benzene rings is 2. The number of aryl methyl sites for hydroxylation is 1. The first-order valence-corrected chi connectivity index (χ1v) is 8.16. The lowest BCUT2D eigenvalue weighted by Crippen LogP contribution is -2.28. The maximum absolute atomic E-state index is 12.6. The second-order valence-electron chi connectivity index (χ2n) is 6.62. The van der Waals surface area contributed by atoms with Crippen molar-refractivity contribution in [3.63, 3.8) is 0 Å². The standard InChI is InChI=1S/C20H22N2O2/c1-13-5-3-7-15(9-13)17-11-18(17)20(24)22(2)12-14-6-4-8-16(10-14)19(21)23/h3-10,17-18H,11-12H2,1-2H3,(H2,21,23)/t17-,18+/m0/s1. The number of carbonyl (C=O) groups excluding carboxylic acids is 2. The molecular weight excluding hydrogens is 300 g/mol. The number of hydrogen-bond donors (Lipinski definition) is 1. The Morgan fingerprint density at radius 1 is 1.17 bits per heavy atom. The highest BCUT2D eigenvalue weighted by molar-refractivity contribution is 5.92. The van der Waals surface area contributed by atoms with Crippen molar-refractivity contribution < 1.29 is 9.59 Å².